The number of rotatable bonds is 8. The summed E-state index contributed by atoms with van der Waals surface area (Å²) < 4.78 is 32.6. The van der Waals surface area contributed by atoms with Gasteiger partial charge in [-0.2, -0.15) is 0 Å². The number of methoxy groups -OCH3 is 1. The Morgan fingerprint density at radius 2 is 1.73 bits per heavy atom. The smallest absolute Gasteiger partial charge is 0.263 e. The number of hydrogen-bond donors (Lipinski definition) is 2. The molecule has 170 valence electrons. The zero-order valence-corrected chi connectivity index (χ0v) is 19.3. The third-order valence-electron chi connectivity index (χ3n) is 4.82. The fourth-order valence-corrected chi connectivity index (χ4v) is 4.98. The second kappa shape index (κ2) is 9.85. The number of anilines is 2. The number of hydrogen-bond acceptors (Lipinski definition) is 6. The van der Waals surface area contributed by atoms with Crippen molar-refractivity contribution >= 4 is 38.1 Å². The van der Waals surface area contributed by atoms with Crippen LogP contribution in [0, 0.1) is 0 Å². The van der Waals surface area contributed by atoms with Crippen LogP contribution in [0.25, 0.3) is 11.1 Å². The van der Waals surface area contributed by atoms with Gasteiger partial charge in [-0.1, -0.05) is 36.4 Å². The average Bonchev–Trinajstić information content (AvgIpc) is 3.32. The molecule has 7 nitrogen and oxygen atoms in total. The molecule has 0 saturated carbocycles. The topological polar surface area (TPSA) is 97.4 Å². The van der Waals surface area contributed by atoms with Crippen LogP contribution >= 0.6 is 11.3 Å². The van der Waals surface area contributed by atoms with Crippen molar-refractivity contribution in [3.8, 4) is 16.9 Å². The van der Waals surface area contributed by atoms with Crippen LogP contribution < -0.4 is 14.8 Å². The van der Waals surface area contributed by atoms with E-state index in [9.17, 15) is 13.2 Å². The molecule has 9 heteroatoms. The minimum absolute atomic E-state index is 0. The molecule has 0 radical (unpaired) electrons. The van der Waals surface area contributed by atoms with E-state index in [1.165, 1.54) is 17.5 Å². The maximum absolute atomic E-state index is 12.5. The van der Waals surface area contributed by atoms with Crippen LogP contribution in [-0.4, -0.2) is 26.4 Å². The standard InChI is InChI=1S/C24H21N3O4S2.H2/c1-31-21-4-2-3-17(15-21)16-23(28)26-20-9-5-18(6-10-20)19-7-11-22(12-8-19)33(29,30)27-24-25-13-14-32-24;/h2-15H,16H2,1H3,(H,25,27)(H,26,28);1H. The Balaban J connectivity index is 0.00000324. The molecule has 0 bridgehead atoms. The van der Waals surface area contributed by atoms with Gasteiger partial charge in [0.15, 0.2) is 5.13 Å². The second-order valence-electron chi connectivity index (χ2n) is 7.12. The van der Waals surface area contributed by atoms with E-state index in [0.717, 1.165) is 16.7 Å². The first kappa shape index (κ1) is 22.5. The van der Waals surface area contributed by atoms with Crippen molar-refractivity contribution in [2.24, 2.45) is 0 Å². The zero-order chi connectivity index (χ0) is 23.3. The molecular formula is C24H23N3O4S2. The number of carbonyl (C=O) groups is 1. The number of amides is 1. The lowest BCUT2D eigenvalue weighted by molar-refractivity contribution is -0.115. The number of carbonyl (C=O) groups excluding carboxylic acids is 1. The summed E-state index contributed by atoms with van der Waals surface area (Å²) in [5.74, 6) is 0.584. The number of nitrogens with one attached hydrogen (secondary N) is 2. The van der Waals surface area contributed by atoms with Gasteiger partial charge in [-0.15, -0.1) is 11.3 Å². The van der Waals surface area contributed by atoms with Gasteiger partial charge in [-0.05, 0) is 53.1 Å². The molecule has 0 saturated heterocycles. The number of benzene rings is 3. The van der Waals surface area contributed by atoms with Crippen molar-refractivity contribution in [2.75, 3.05) is 17.1 Å². The highest BCUT2D eigenvalue weighted by molar-refractivity contribution is 7.93. The Labute approximate surface area is 197 Å². The molecule has 2 N–H and O–H groups in total. The number of sulfonamides is 1. The minimum Gasteiger partial charge on any atom is -0.497 e. The van der Waals surface area contributed by atoms with Gasteiger partial charge in [-0.3, -0.25) is 9.52 Å². The van der Waals surface area contributed by atoms with Gasteiger partial charge in [0.2, 0.25) is 5.91 Å². The second-order valence-corrected chi connectivity index (χ2v) is 9.70. The van der Waals surface area contributed by atoms with E-state index < -0.39 is 10.0 Å². The summed E-state index contributed by atoms with van der Waals surface area (Å²) >= 11 is 1.21. The zero-order valence-electron chi connectivity index (χ0n) is 17.7. The predicted molar refractivity (Wildman–Crippen MR) is 132 cm³/mol. The average molecular weight is 482 g/mol. The number of ether oxygens (including phenoxy) is 1. The van der Waals surface area contributed by atoms with Gasteiger partial charge in [0.05, 0.1) is 18.4 Å². The maximum Gasteiger partial charge on any atom is 0.263 e. The first-order valence-corrected chi connectivity index (χ1v) is 12.3. The first-order chi connectivity index (χ1) is 15.9. The normalized spacial score (nSPS) is 11.1. The lowest BCUT2D eigenvalue weighted by Gasteiger charge is -2.09. The Bertz CT molecular complexity index is 1340. The molecule has 33 heavy (non-hydrogen) atoms. The summed E-state index contributed by atoms with van der Waals surface area (Å²) in [7, 11) is -2.10. The van der Waals surface area contributed by atoms with Crippen molar-refractivity contribution in [1.29, 1.82) is 0 Å². The summed E-state index contributed by atoms with van der Waals surface area (Å²) in [6, 6.07) is 21.4. The van der Waals surface area contributed by atoms with Gasteiger partial charge in [0.25, 0.3) is 10.0 Å². The van der Waals surface area contributed by atoms with Crippen LogP contribution in [0.15, 0.2) is 89.3 Å². The van der Waals surface area contributed by atoms with Gasteiger partial charge >= 0.3 is 0 Å². The van der Waals surface area contributed by atoms with Crippen molar-refractivity contribution in [2.45, 2.75) is 11.3 Å². The van der Waals surface area contributed by atoms with Crippen LogP contribution in [0.5, 0.6) is 5.75 Å². The van der Waals surface area contributed by atoms with E-state index in [1.54, 1.807) is 36.8 Å². The molecule has 0 aliphatic carbocycles. The molecule has 0 spiro atoms. The molecule has 4 rings (SSSR count). The molecule has 3 aromatic carbocycles. The number of thiazole rings is 1. The highest BCUT2D eigenvalue weighted by Crippen LogP contribution is 2.25. The molecule has 0 aliphatic heterocycles. The highest BCUT2D eigenvalue weighted by atomic mass is 32.2. The van der Waals surface area contributed by atoms with Crippen molar-refractivity contribution in [3.05, 3.63) is 89.9 Å². The van der Waals surface area contributed by atoms with Crippen LogP contribution in [0.1, 0.15) is 6.99 Å². The van der Waals surface area contributed by atoms with E-state index in [-0.39, 0.29) is 18.7 Å². The fourth-order valence-electron chi connectivity index (χ4n) is 3.19. The molecular weight excluding hydrogens is 458 g/mol. The number of aromatic nitrogens is 1. The molecule has 0 unspecified atom stereocenters. The number of nitrogens with zero attached hydrogens (tertiary/aromatic N) is 1. The Kier molecular flexibility index (Phi) is 6.71. The first-order valence-electron chi connectivity index (χ1n) is 9.98. The van der Waals surface area contributed by atoms with E-state index in [4.69, 9.17) is 4.74 Å². The highest BCUT2D eigenvalue weighted by Gasteiger charge is 2.15. The quantitative estimate of drug-likeness (QED) is 0.367. The monoisotopic (exact) mass is 481 g/mol. The summed E-state index contributed by atoms with van der Waals surface area (Å²) in [5.41, 5.74) is 3.30. The Morgan fingerprint density at radius 1 is 1.03 bits per heavy atom. The third-order valence-corrected chi connectivity index (χ3v) is 6.99. The Morgan fingerprint density at radius 3 is 2.36 bits per heavy atom. The lowest BCUT2D eigenvalue weighted by Crippen LogP contribution is -2.14. The summed E-state index contributed by atoms with van der Waals surface area (Å²) in [4.78, 5) is 16.5. The largest absolute Gasteiger partial charge is 0.497 e. The van der Waals surface area contributed by atoms with E-state index in [2.05, 4.69) is 15.0 Å². The third kappa shape index (κ3) is 5.76. The van der Waals surface area contributed by atoms with Gasteiger partial charge in [-0.25, -0.2) is 13.4 Å². The van der Waals surface area contributed by atoms with Gasteiger partial charge in [0, 0.05) is 18.7 Å². The van der Waals surface area contributed by atoms with E-state index in [0.29, 0.717) is 16.6 Å². The summed E-state index contributed by atoms with van der Waals surface area (Å²) in [6.07, 6.45) is 1.78. The van der Waals surface area contributed by atoms with Crippen LogP contribution in [0.2, 0.25) is 0 Å². The minimum atomic E-state index is -3.69. The van der Waals surface area contributed by atoms with Crippen molar-refractivity contribution in [1.82, 2.24) is 4.98 Å². The van der Waals surface area contributed by atoms with Crippen LogP contribution in [0.4, 0.5) is 10.8 Å². The lowest BCUT2D eigenvalue weighted by atomic mass is 10.1. The predicted octanol–water partition coefficient (Wildman–Crippen LogP) is 5.05. The van der Waals surface area contributed by atoms with E-state index >= 15 is 0 Å². The summed E-state index contributed by atoms with van der Waals surface area (Å²) in [5, 5.41) is 4.91. The molecule has 0 fully saturated rings. The molecule has 1 amide bonds. The SMILES string of the molecule is COc1cccc(CC(=O)Nc2ccc(-c3ccc(S(=O)(=O)Nc4nccs4)cc3)cc2)c1.[HH]. The van der Waals surface area contributed by atoms with Gasteiger partial charge < -0.3 is 10.1 Å². The fraction of sp³-hybridized carbons (Fsp3) is 0.0833. The molecule has 0 aliphatic rings. The molecule has 0 atom stereocenters. The van der Waals surface area contributed by atoms with E-state index in [1.807, 2.05) is 48.5 Å². The summed E-state index contributed by atoms with van der Waals surface area (Å²) in [6.45, 7) is 0. The maximum atomic E-state index is 12.5. The molecule has 4 aromatic rings. The van der Waals surface area contributed by atoms with Crippen molar-refractivity contribution in [3.63, 3.8) is 0 Å². The molecule has 1 aromatic heterocycles. The van der Waals surface area contributed by atoms with Crippen LogP contribution in [0.3, 0.4) is 0 Å². The van der Waals surface area contributed by atoms with Crippen LogP contribution in [-0.2, 0) is 21.2 Å². The van der Waals surface area contributed by atoms with Crippen molar-refractivity contribution < 1.29 is 19.4 Å². The molecule has 1 heterocycles. The van der Waals surface area contributed by atoms with Gasteiger partial charge in [0.1, 0.15) is 5.75 Å². The Hall–Kier alpha value is -3.69.